The van der Waals surface area contributed by atoms with Gasteiger partial charge >= 0.3 is 12.1 Å². The molecule has 0 spiro atoms. The summed E-state index contributed by atoms with van der Waals surface area (Å²) in [6.45, 7) is 2.82. The van der Waals surface area contributed by atoms with E-state index in [2.05, 4.69) is 0 Å². The van der Waals surface area contributed by atoms with E-state index in [1.165, 1.54) is 19.1 Å². The summed E-state index contributed by atoms with van der Waals surface area (Å²) < 4.78 is 66.9. The third-order valence-electron chi connectivity index (χ3n) is 3.15. The van der Waals surface area contributed by atoms with E-state index in [4.69, 9.17) is 0 Å². The minimum Gasteiger partial charge on any atom is -0.286 e. The summed E-state index contributed by atoms with van der Waals surface area (Å²) >= 11 is 0.879. The predicted molar refractivity (Wildman–Crippen MR) is 73.5 cm³/mol. The lowest BCUT2D eigenvalue weighted by Gasteiger charge is -2.18. The van der Waals surface area contributed by atoms with Gasteiger partial charge in [-0.05, 0) is 37.6 Å². The number of halogens is 5. The normalized spacial score (nSPS) is 12.5. The van der Waals surface area contributed by atoms with Crippen LogP contribution in [0.4, 0.5) is 22.0 Å². The van der Waals surface area contributed by atoms with Crippen LogP contribution in [0.3, 0.4) is 0 Å². The van der Waals surface area contributed by atoms with Crippen molar-refractivity contribution < 1.29 is 26.7 Å². The highest BCUT2D eigenvalue weighted by Crippen LogP contribution is 2.38. The Morgan fingerprint density at radius 3 is 2.14 bits per heavy atom. The summed E-state index contributed by atoms with van der Waals surface area (Å²) in [5.41, 5.74) is -2.30. The molecule has 0 radical (unpaired) electrons. The lowest BCUT2D eigenvalue weighted by Crippen LogP contribution is -2.26. The average molecular weight is 334 g/mol. The fourth-order valence-electron chi connectivity index (χ4n) is 1.97. The first-order valence-corrected chi connectivity index (χ1v) is 7.02. The zero-order chi connectivity index (χ0) is 16.7. The highest BCUT2D eigenvalue weighted by molar-refractivity contribution is 7.14. The molecule has 7 heteroatoms. The van der Waals surface area contributed by atoms with E-state index in [1.54, 1.807) is 6.92 Å². The quantitative estimate of drug-likeness (QED) is 0.546. The number of aryl methyl sites for hydroxylation is 2. The summed E-state index contributed by atoms with van der Waals surface area (Å²) in [7, 11) is 0. The molecule has 0 aliphatic carbocycles. The Labute approximate surface area is 127 Å². The van der Waals surface area contributed by atoms with Crippen molar-refractivity contribution in [3.05, 3.63) is 56.8 Å². The van der Waals surface area contributed by atoms with Crippen molar-refractivity contribution in [2.75, 3.05) is 0 Å². The fraction of sp³-hybridized carbons (Fsp3) is 0.267. The number of alkyl halides is 5. The van der Waals surface area contributed by atoms with Crippen LogP contribution in [0.25, 0.3) is 0 Å². The van der Waals surface area contributed by atoms with Gasteiger partial charge in [0.05, 0.1) is 10.4 Å². The van der Waals surface area contributed by atoms with Gasteiger partial charge in [-0.1, -0.05) is 12.1 Å². The zero-order valence-electron chi connectivity index (χ0n) is 11.6. The van der Waals surface area contributed by atoms with Crippen LogP contribution in [0.1, 0.15) is 31.2 Å². The zero-order valence-corrected chi connectivity index (χ0v) is 12.4. The summed E-state index contributed by atoms with van der Waals surface area (Å²) in [6, 6.07) is 4.88. The summed E-state index contributed by atoms with van der Waals surface area (Å²) in [6.07, 6.45) is -4.75. The molecular formula is C15H11F5OS. The maximum Gasteiger partial charge on any atom is 0.416 e. The third kappa shape index (κ3) is 3.04. The molecule has 0 bridgehead atoms. The first kappa shape index (κ1) is 16.6. The molecule has 0 saturated carbocycles. The maximum absolute atomic E-state index is 14.2. The molecule has 0 saturated heterocycles. The van der Waals surface area contributed by atoms with E-state index in [0.717, 1.165) is 23.5 Å². The Bertz CT molecular complexity index is 715. The minimum absolute atomic E-state index is 0.175. The molecule has 1 heterocycles. The smallest absolute Gasteiger partial charge is 0.286 e. The number of carbonyl (C=O) groups is 1. The molecule has 0 N–H and O–H groups in total. The van der Waals surface area contributed by atoms with E-state index >= 15 is 0 Å². The van der Waals surface area contributed by atoms with Gasteiger partial charge < -0.3 is 0 Å². The van der Waals surface area contributed by atoms with Crippen molar-refractivity contribution >= 4 is 17.1 Å². The van der Waals surface area contributed by atoms with E-state index in [0.29, 0.717) is 10.9 Å². The second kappa shape index (κ2) is 5.46. The number of hydrogen-bond donors (Lipinski definition) is 0. The summed E-state index contributed by atoms with van der Waals surface area (Å²) in [5.74, 6) is -5.51. The number of hydrogen-bond acceptors (Lipinski definition) is 2. The molecule has 0 aliphatic heterocycles. The van der Waals surface area contributed by atoms with Crippen LogP contribution in [0.5, 0.6) is 0 Å². The van der Waals surface area contributed by atoms with Gasteiger partial charge in [-0.3, -0.25) is 4.79 Å². The van der Waals surface area contributed by atoms with Crippen LogP contribution < -0.4 is 0 Å². The summed E-state index contributed by atoms with van der Waals surface area (Å²) in [4.78, 5) is 12.4. The second-order valence-electron chi connectivity index (χ2n) is 4.84. The molecule has 0 unspecified atom stereocenters. The van der Waals surface area contributed by atoms with Crippen LogP contribution >= 0.6 is 11.3 Å². The predicted octanol–water partition coefficient (Wildman–Crippen LogP) is 5.36. The molecule has 2 rings (SSSR count). The molecule has 1 aromatic carbocycles. The highest BCUT2D eigenvalue weighted by atomic mass is 32.1. The number of benzene rings is 1. The lowest BCUT2D eigenvalue weighted by atomic mass is 9.98. The Hall–Kier alpha value is -1.76. The van der Waals surface area contributed by atoms with E-state index in [9.17, 15) is 26.7 Å². The van der Waals surface area contributed by atoms with Crippen LogP contribution in [0.15, 0.2) is 30.3 Å². The van der Waals surface area contributed by atoms with Crippen LogP contribution in [-0.2, 0) is 12.1 Å². The van der Waals surface area contributed by atoms with Crippen molar-refractivity contribution in [2.24, 2.45) is 0 Å². The molecular weight excluding hydrogens is 323 g/mol. The first-order chi connectivity index (χ1) is 10.0. The fourth-order valence-corrected chi connectivity index (χ4v) is 2.81. The van der Waals surface area contributed by atoms with Crippen molar-refractivity contribution in [1.82, 2.24) is 0 Å². The number of Topliss-reactive ketones (excluding diaryl/α,β-unsaturated/α-hetero) is 1. The summed E-state index contributed by atoms with van der Waals surface area (Å²) in [5, 5.41) is 0. The van der Waals surface area contributed by atoms with Gasteiger partial charge in [0.25, 0.3) is 0 Å². The van der Waals surface area contributed by atoms with Crippen molar-refractivity contribution in [3.8, 4) is 0 Å². The second-order valence-corrected chi connectivity index (χ2v) is 6.13. The SMILES string of the molecule is Cc1ccc(C(=O)C(F)(F)c2ccc(C)c(C(F)(F)F)c2)s1. The van der Waals surface area contributed by atoms with E-state index in [-0.39, 0.29) is 10.4 Å². The van der Waals surface area contributed by atoms with Gasteiger partial charge in [0.2, 0.25) is 5.78 Å². The van der Waals surface area contributed by atoms with Crippen molar-refractivity contribution in [3.63, 3.8) is 0 Å². The molecule has 0 aliphatic rings. The van der Waals surface area contributed by atoms with Crippen LogP contribution in [0.2, 0.25) is 0 Å². The number of carbonyl (C=O) groups excluding carboxylic acids is 1. The van der Waals surface area contributed by atoms with Gasteiger partial charge in [0.1, 0.15) is 0 Å². The molecule has 1 nitrogen and oxygen atoms in total. The largest absolute Gasteiger partial charge is 0.416 e. The van der Waals surface area contributed by atoms with Gasteiger partial charge in [0, 0.05) is 10.4 Å². The van der Waals surface area contributed by atoms with Gasteiger partial charge in [-0.25, -0.2) is 0 Å². The minimum atomic E-state index is -4.75. The van der Waals surface area contributed by atoms with Crippen molar-refractivity contribution in [1.29, 1.82) is 0 Å². The van der Waals surface area contributed by atoms with Crippen LogP contribution in [0, 0.1) is 13.8 Å². The maximum atomic E-state index is 14.2. The van der Waals surface area contributed by atoms with E-state index < -0.39 is 29.0 Å². The third-order valence-corrected chi connectivity index (χ3v) is 4.15. The first-order valence-electron chi connectivity index (χ1n) is 6.21. The Kier molecular flexibility index (Phi) is 4.12. The molecule has 22 heavy (non-hydrogen) atoms. The molecule has 0 amide bonds. The molecule has 0 atom stereocenters. The van der Waals surface area contributed by atoms with Crippen LogP contribution in [-0.4, -0.2) is 5.78 Å². The number of ketones is 1. The topological polar surface area (TPSA) is 17.1 Å². The van der Waals surface area contributed by atoms with Gasteiger partial charge in [0.15, 0.2) is 0 Å². The average Bonchev–Trinajstić information content (AvgIpc) is 2.83. The Morgan fingerprint density at radius 2 is 1.64 bits per heavy atom. The highest BCUT2D eigenvalue weighted by Gasteiger charge is 2.44. The van der Waals surface area contributed by atoms with Crippen molar-refractivity contribution in [2.45, 2.75) is 25.9 Å². The molecule has 1 aromatic heterocycles. The number of thiophene rings is 1. The molecule has 0 fully saturated rings. The standard InChI is InChI=1S/C15H11F5OS/c1-8-3-5-10(7-11(8)15(18,19)20)14(16,17)13(21)12-6-4-9(2)22-12/h3-7H,1-2H3. The Morgan fingerprint density at radius 1 is 1.00 bits per heavy atom. The molecule has 118 valence electrons. The van der Waals surface area contributed by atoms with Gasteiger partial charge in [-0.15, -0.1) is 11.3 Å². The van der Waals surface area contributed by atoms with Gasteiger partial charge in [-0.2, -0.15) is 22.0 Å². The monoisotopic (exact) mass is 334 g/mol. The van der Waals surface area contributed by atoms with E-state index in [1.807, 2.05) is 0 Å². The Balaban J connectivity index is 2.47. The molecule has 2 aromatic rings. The lowest BCUT2D eigenvalue weighted by molar-refractivity contribution is -0.138. The number of rotatable bonds is 3.